The summed E-state index contributed by atoms with van der Waals surface area (Å²) in [5.41, 5.74) is 1.24. The second-order valence-electron chi connectivity index (χ2n) is 7.80. The Morgan fingerprint density at radius 3 is 2.34 bits per heavy atom. The molecule has 1 N–H and O–H groups in total. The zero-order valence-corrected chi connectivity index (χ0v) is 19.0. The number of piperidine rings is 1. The van der Waals surface area contributed by atoms with Crippen molar-refractivity contribution in [3.05, 3.63) is 59.3 Å². The molecule has 1 saturated heterocycles. The van der Waals surface area contributed by atoms with E-state index >= 15 is 0 Å². The maximum Gasteiger partial charge on any atom is 0.270 e. The van der Waals surface area contributed by atoms with E-state index in [0.29, 0.717) is 47.4 Å². The fourth-order valence-electron chi connectivity index (χ4n) is 3.87. The summed E-state index contributed by atoms with van der Waals surface area (Å²) in [5.74, 6) is 1.17. The van der Waals surface area contributed by atoms with Crippen LogP contribution in [-0.2, 0) is 4.79 Å². The molecule has 170 valence electrons. The fraction of sp³-hybridized carbons (Fsp3) is 0.360. The molecule has 7 heteroatoms. The van der Waals surface area contributed by atoms with Gasteiger partial charge in [-0.15, -0.1) is 0 Å². The molecule has 0 aliphatic carbocycles. The third-order valence-electron chi connectivity index (χ3n) is 5.49. The number of nitrogens with zero attached hydrogens (tertiary/aromatic N) is 1. The zero-order valence-electron chi connectivity index (χ0n) is 19.0. The lowest BCUT2D eigenvalue weighted by Crippen LogP contribution is -2.43. The third kappa shape index (κ3) is 5.22. The van der Waals surface area contributed by atoms with E-state index in [1.807, 2.05) is 6.07 Å². The minimum Gasteiger partial charge on any atom is -0.493 e. The lowest BCUT2D eigenvalue weighted by Gasteiger charge is -2.31. The number of carbonyl (C=O) groups is 2. The van der Waals surface area contributed by atoms with Gasteiger partial charge in [-0.1, -0.05) is 25.1 Å². The highest BCUT2D eigenvalue weighted by molar-refractivity contribution is 6.05. The van der Waals surface area contributed by atoms with Crippen LogP contribution in [0.2, 0.25) is 0 Å². The Morgan fingerprint density at radius 2 is 1.72 bits per heavy atom. The number of hydrogen-bond acceptors (Lipinski definition) is 5. The molecule has 1 aliphatic heterocycles. The normalized spacial score (nSPS) is 16.3. The lowest BCUT2D eigenvalue weighted by atomic mass is 10.00. The summed E-state index contributed by atoms with van der Waals surface area (Å²) in [5, 5.41) is 2.81. The minimum absolute atomic E-state index is 0.179. The molecule has 0 aromatic heterocycles. The molecule has 32 heavy (non-hydrogen) atoms. The van der Waals surface area contributed by atoms with Gasteiger partial charge < -0.3 is 24.4 Å². The fourth-order valence-corrected chi connectivity index (χ4v) is 3.87. The van der Waals surface area contributed by atoms with Gasteiger partial charge in [0.15, 0.2) is 11.5 Å². The van der Waals surface area contributed by atoms with Crippen molar-refractivity contribution >= 4 is 17.9 Å². The first-order valence-electron chi connectivity index (χ1n) is 10.6. The Kier molecular flexibility index (Phi) is 7.76. The molecule has 1 fully saturated rings. The largest absolute Gasteiger partial charge is 0.493 e. The van der Waals surface area contributed by atoms with Gasteiger partial charge in [0.1, 0.15) is 5.70 Å². The van der Waals surface area contributed by atoms with Crippen molar-refractivity contribution in [3.63, 3.8) is 0 Å². The SMILES string of the molecule is COc1ccc(C=C(NC(=O)c2ccccc2)C(=O)N2CCCC(C)C2)c(OC)c1OC. The molecule has 7 nitrogen and oxygen atoms in total. The van der Waals surface area contributed by atoms with Crippen LogP contribution in [0.3, 0.4) is 0 Å². The number of ether oxygens (including phenoxy) is 3. The first-order chi connectivity index (χ1) is 15.5. The molecule has 0 radical (unpaired) electrons. The molecule has 2 aromatic rings. The van der Waals surface area contributed by atoms with Gasteiger partial charge in [0.05, 0.1) is 21.3 Å². The Bertz CT molecular complexity index is 987. The quantitative estimate of drug-likeness (QED) is 0.667. The van der Waals surface area contributed by atoms with E-state index in [4.69, 9.17) is 14.2 Å². The van der Waals surface area contributed by atoms with Crippen molar-refractivity contribution in [2.75, 3.05) is 34.4 Å². The number of benzene rings is 2. The summed E-state index contributed by atoms with van der Waals surface area (Å²) >= 11 is 0. The van der Waals surface area contributed by atoms with Crippen molar-refractivity contribution in [2.45, 2.75) is 19.8 Å². The molecule has 0 spiro atoms. The number of methoxy groups -OCH3 is 3. The monoisotopic (exact) mass is 438 g/mol. The summed E-state index contributed by atoms with van der Waals surface area (Å²) in [4.78, 5) is 28.1. The molecule has 2 amide bonds. The van der Waals surface area contributed by atoms with Crippen LogP contribution in [0, 0.1) is 5.92 Å². The van der Waals surface area contributed by atoms with Gasteiger partial charge in [-0.25, -0.2) is 0 Å². The predicted molar refractivity (Wildman–Crippen MR) is 123 cm³/mol. The van der Waals surface area contributed by atoms with Crippen LogP contribution >= 0.6 is 0 Å². The van der Waals surface area contributed by atoms with Crippen LogP contribution < -0.4 is 19.5 Å². The van der Waals surface area contributed by atoms with Gasteiger partial charge in [-0.2, -0.15) is 0 Å². The Labute approximate surface area is 189 Å². The van der Waals surface area contributed by atoms with Gasteiger partial charge in [0.25, 0.3) is 11.8 Å². The molecule has 1 unspecified atom stereocenters. The molecule has 1 aliphatic rings. The van der Waals surface area contributed by atoms with Gasteiger partial charge >= 0.3 is 0 Å². The van der Waals surface area contributed by atoms with Crippen molar-refractivity contribution in [2.24, 2.45) is 5.92 Å². The topological polar surface area (TPSA) is 77.1 Å². The molecule has 1 atom stereocenters. The molecule has 3 rings (SSSR count). The average Bonchev–Trinajstić information content (AvgIpc) is 2.83. The highest BCUT2D eigenvalue weighted by atomic mass is 16.5. The lowest BCUT2D eigenvalue weighted by molar-refractivity contribution is -0.129. The average molecular weight is 439 g/mol. The molecular formula is C25H30N2O5. The first-order valence-corrected chi connectivity index (χ1v) is 10.6. The van der Waals surface area contributed by atoms with E-state index in [9.17, 15) is 9.59 Å². The van der Waals surface area contributed by atoms with Gasteiger partial charge in [0.2, 0.25) is 5.75 Å². The summed E-state index contributed by atoms with van der Waals surface area (Å²) in [6.07, 6.45) is 3.65. The van der Waals surface area contributed by atoms with E-state index < -0.39 is 0 Å². The number of likely N-dealkylation sites (tertiary alicyclic amines) is 1. The summed E-state index contributed by atoms with van der Waals surface area (Å²) in [7, 11) is 4.58. The number of nitrogens with one attached hydrogen (secondary N) is 1. The van der Waals surface area contributed by atoms with Crippen LogP contribution in [0.25, 0.3) is 6.08 Å². The number of hydrogen-bond donors (Lipinski definition) is 1. The molecule has 2 aromatic carbocycles. The van der Waals surface area contributed by atoms with Crippen LogP contribution in [-0.4, -0.2) is 51.1 Å². The van der Waals surface area contributed by atoms with Crippen LogP contribution in [0.15, 0.2) is 48.2 Å². The van der Waals surface area contributed by atoms with E-state index in [2.05, 4.69) is 12.2 Å². The number of rotatable bonds is 7. The van der Waals surface area contributed by atoms with Gasteiger partial charge in [-0.05, 0) is 49.1 Å². The summed E-state index contributed by atoms with van der Waals surface area (Å²) in [6.45, 7) is 3.44. The molecule has 0 bridgehead atoms. The molecule has 0 saturated carbocycles. The van der Waals surface area contributed by atoms with E-state index in [1.54, 1.807) is 54.5 Å². The van der Waals surface area contributed by atoms with Crippen molar-refractivity contribution in [1.29, 1.82) is 0 Å². The smallest absolute Gasteiger partial charge is 0.270 e. The maximum absolute atomic E-state index is 13.4. The van der Waals surface area contributed by atoms with Crippen LogP contribution in [0.1, 0.15) is 35.7 Å². The third-order valence-corrected chi connectivity index (χ3v) is 5.49. The van der Waals surface area contributed by atoms with Gasteiger partial charge in [0, 0.05) is 24.2 Å². The summed E-state index contributed by atoms with van der Waals surface area (Å²) in [6, 6.07) is 12.3. The standard InChI is InChI=1S/C25H30N2O5/c1-17-9-8-14-27(16-17)25(29)20(26-24(28)18-10-6-5-7-11-18)15-19-12-13-21(30-2)23(32-4)22(19)31-3/h5-7,10-13,15,17H,8-9,14,16H2,1-4H3,(H,26,28). The second kappa shape index (κ2) is 10.7. The minimum atomic E-state index is -0.352. The predicted octanol–water partition coefficient (Wildman–Crippen LogP) is 3.74. The second-order valence-corrected chi connectivity index (χ2v) is 7.80. The first kappa shape index (κ1) is 23.2. The van der Waals surface area contributed by atoms with E-state index in [0.717, 1.165) is 12.8 Å². The van der Waals surface area contributed by atoms with Crippen molar-refractivity contribution in [3.8, 4) is 17.2 Å². The van der Waals surface area contributed by atoms with Crippen LogP contribution in [0.4, 0.5) is 0 Å². The van der Waals surface area contributed by atoms with E-state index in [1.165, 1.54) is 14.2 Å². The highest BCUT2D eigenvalue weighted by Gasteiger charge is 2.26. The highest BCUT2D eigenvalue weighted by Crippen LogP contribution is 2.40. The summed E-state index contributed by atoms with van der Waals surface area (Å²) < 4.78 is 16.4. The molecular weight excluding hydrogens is 408 g/mol. The Hall–Kier alpha value is -3.48. The van der Waals surface area contributed by atoms with Crippen molar-refractivity contribution < 1.29 is 23.8 Å². The Balaban J connectivity index is 2.02. The van der Waals surface area contributed by atoms with Gasteiger partial charge in [-0.3, -0.25) is 9.59 Å². The zero-order chi connectivity index (χ0) is 23.1. The number of amides is 2. The van der Waals surface area contributed by atoms with Crippen molar-refractivity contribution in [1.82, 2.24) is 10.2 Å². The number of carbonyl (C=O) groups excluding carboxylic acids is 2. The van der Waals surface area contributed by atoms with E-state index in [-0.39, 0.29) is 17.5 Å². The van der Waals surface area contributed by atoms with Crippen LogP contribution in [0.5, 0.6) is 17.2 Å². The Morgan fingerprint density at radius 1 is 1.00 bits per heavy atom. The maximum atomic E-state index is 13.4. The molecule has 1 heterocycles.